The van der Waals surface area contributed by atoms with Gasteiger partial charge in [0, 0.05) is 19.5 Å². The number of anilines is 1. The molecule has 7 heteroatoms. The smallest absolute Gasteiger partial charge is 0.217 e. The molecule has 1 aliphatic heterocycles. The van der Waals surface area contributed by atoms with Gasteiger partial charge >= 0.3 is 0 Å². The van der Waals surface area contributed by atoms with Crippen LogP contribution in [0.3, 0.4) is 0 Å². The van der Waals surface area contributed by atoms with Gasteiger partial charge < -0.3 is 10.6 Å². The average molecular weight is 345 g/mol. The number of piperidine rings is 1. The number of amides is 1. The van der Waals surface area contributed by atoms with E-state index in [2.05, 4.69) is 31.0 Å². The van der Waals surface area contributed by atoms with Crippen LogP contribution in [0.4, 0.5) is 5.13 Å². The molecule has 19 heavy (non-hydrogen) atoms. The zero-order valence-corrected chi connectivity index (χ0v) is 13.0. The molecule has 1 saturated carbocycles. The Balaban J connectivity index is 1.76. The second kappa shape index (κ2) is 5.36. The molecule has 1 aliphatic carbocycles. The van der Waals surface area contributed by atoms with Crippen molar-refractivity contribution in [1.82, 2.24) is 10.2 Å². The van der Waals surface area contributed by atoms with E-state index in [0.717, 1.165) is 22.1 Å². The zero-order chi connectivity index (χ0) is 13.4. The van der Waals surface area contributed by atoms with Gasteiger partial charge in [-0.2, -0.15) is 0 Å². The van der Waals surface area contributed by atoms with Gasteiger partial charge in [-0.3, -0.25) is 4.79 Å². The monoisotopic (exact) mass is 344 g/mol. The lowest BCUT2D eigenvalue weighted by Crippen LogP contribution is -2.49. The molecule has 1 aromatic rings. The Hall–Kier alpha value is -0.690. The van der Waals surface area contributed by atoms with Crippen molar-refractivity contribution in [3.05, 3.63) is 3.92 Å². The highest BCUT2D eigenvalue weighted by molar-refractivity contribution is 9.11. The molecule has 3 rings (SSSR count). The molecule has 1 amide bonds. The van der Waals surface area contributed by atoms with Gasteiger partial charge in [0.25, 0.3) is 0 Å². The van der Waals surface area contributed by atoms with Gasteiger partial charge in [0.2, 0.25) is 11.0 Å². The van der Waals surface area contributed by atoms with Crippen molar-refractivity contribution in [1.29, 1.82) is 0 Å². The van der Waals surface area contributed by atoms with Gasteiger partial charge in [-0.25, -0.2) is 0 Å². The number of carbonyl (C=O) groups is 1. The van der Waals surface area contributed by atoms with Crippen LogP contribution >= 0.6 is 27.3 Å². The fourth-order valence-electron chi connectivity index (χ4n) is 3.60. The highest BCUT2D eigenvalue weighted by atomic mass is 79.9. The van der Waals surface area contributed by atoms with Gasteiger partial charge in [0.1, 0.15) is 0 Å². The molecule has 104 valence electrons. The van der Waals surface area contributed by atoms with Crippen LogP contribution in [0.15, 0.2) is 3.92 Å². The summed E-state index contributed by atoms with van der Waals surface area (Å²) in [7, 11) is 0. The highest BCUT2D eigenvalue weighted by Gasteiger charge is 2.40. The Bertz CT molecular complexity index is 466. The third-order valence-electron chi connectivity index (χ3n) is 4.37. The second-order valence-corrected chi connectivity index (χ2v) is 7.76. The van der Waals surface area contributed by atoms with Crippen LogP contribution in [-0.4, -0.2) is 29.2 Å². The number of aromatic nitrogens is 2. The Morgan fingerprint density at radius 3 is 2.58 bits per heavy atom. The third kappa shape index (κ3) is 2.76. The molecule has 0 spiro atoms. The molecular formula is C12H17BrN4OS. The van der Waals surface area contributed by atoms with Crippen LogP contribution in [0.25, 0.3) is 0 Å². The van der Waals surface area contributed by atoms with E-state index >= 15 is 0 Å². The summed E-state index contributed by atoms with van der Waals surface area (Å²) in [6.45, 7) is 1.96. The minimum Gasteiger partial charge on any atom is -0.370 e. The molecule has 0 aromatic carbocycles. The summed E-state index contributed by atoms with van der Waals surface area (Å²) in [6, 6.07) is 0. The third-order valence-corrected chi connectivity index (χ3v) is 5.78. The normalized spacial score (nSPS) is 30.4. The number of halogens is 1. The number of primary amides is 1. The Morgan fingerprint density at radius 2 is 2.05 bits per heavy atom. The summed E-state index contributed by atoms with van der Waals surface area (Å²) in [4.78, 5) is 13.6. The van der Waals surface area contributed by atoms with E-state index < -0.39 is 0 Å². The standard InChI is InChI=1S/C12H17BrN4OS/c13-11-15-16-12(19-11)17-5-7-2-1-3-8(6-17)9(7)4-10(14)18/h7-9H,1-6H2,(H2,14,18)/t7-,8+,9?. The van der Waals surface area contributed by atoms with Crippen molar-refractivity contribution >= 4 is 38.3 Å². The zero-order valence-electron chi connectivity index (χ0n) is 10.6. The molecule has 2 bridgehead atoms. The van der Waals surface area contributed by atoms with Gasteiger partial charge in [0.05, 0.1) is 0 Å². The molecule has 2 fully saturated rings. The van der Waals surface area contributed by atoms with Gasteiger partial charge in [-0.05, 0) is 46.5 Å². The molecule has 2 heterocycles. The minimum absolute atomic E-state index is 0.158. The predicted molar refractivity (Wildman–Crippen MR) is 78.0 cm³/mol. The van der Waals surface area contributed by atoms with E-state index in [1.165, 1.54) is 19.3 Å². The van der Waals surface area contributed by atoms with Gasteiger partial charge in [0.15, 0.2) is 3.92 Å². The Kier molecular flexibility index (Phi) is 3.75. The molecule has 5 nitrogen and oxygen atoms in total. The number of nitrogens with zero attached hydrogens (tertiary/aromatic N) is 3. The summed E-state index contributed by atoms with van der Waals surface area (Å²) in [5.74, 6) is 1.46. The fourth-order valence-corrected chi connectivity index (χ4v) is 4.70. The Morgan fingerprint density at radius 1 is 1.37 bits per heavy atom. The number of rotatable bonds is 3. The van der Waals surface area contributed by atoms with Crippen molar-refractivity contribution in [2.24, 2.45) is 23.5 Å². The first-order valence-electron chi connectivity index (χ1n) is 6.65. The molecule has 0 radical (unpaired) electrons. The Labute approximate surface area is 124 Å². The topological polar surface area (TPSA) is 72.1 Å². The fraction of sp³-hybridized carbons (Fsp3) is 0.750. The molecule has 1 saturated heterocycles. The molecule has 2 aliphatic rings. The van der Waals surface area contributed by atoms with Crippen LogP contribution in [0.5, 0.6) is 0 Å². The SMILES string of the molecule is NC(=O)CC1[C@@H]2CCC[C@H]1CN(c1nnc(Br)s1)C2. The summed E-state index contributed by atoms with van der Waals surface area (Å²) < 4.78 is 0.826. The van der Waals surface area contributed by atoms with Crippen LogP contribution in [0, 0.1) is 17.8 Å². The van der Waals surface area contributed by atoms with Crippen LogP contribution in [0.1, 0.15) is 25.7 Å². The number of hydrogen-bond donors (Lipinski definition) is 1. The number of fused-ring (bicyclic) bond motifs is 2. The lowest BCUT2D eigenvalue weighted by Gasteiger charge is -2.47. The first kappa shape index (κ1) is 13.3. The lowest BCUT2D eigenvalue weighted by molar-refractivity contribution is -0.120. The molecular weight excluding hydrogens is 328 g/mol. The van der Waals surface area contributed by atoms with Crippen molar-refractivity contribution in [2.75, 3.05) is 18.0 Å². The van der Waals surface area contributed by atoms with Crippen LogP contribution in [0.2, 0.25) is 0 Å². The molecule has 2 N–H and O–H groups in total. The van der Waals surface area contributed by atoms with E-state index in [4.69, 9.17) is 5.73 Å². The van der Waals surface area contributed by atoms with Crippen molar-refractivity contribution in [3.8, 4) is 0 Å². The second-order valence-electron chi connectivity index (χ2n) is 5.53. The molecule has 1 unspecified atom stereocenters. The summed E-state index contributed by atoms with van der Waals surface area (Å²) >= 11 is 4.94. The minimum atomic E-state index is -0.158. The quantitative estimate of drug-likeness (QED) is 0.910. The first-order valence-corrected chi connectivity index (χ1v) is 8.26. The van der Waals surface area contributed by atoms with Gasteiger partial charge in [-0.1, -0.05) is 17.8 Å². The maximum Gasteiger partial charge on any atom is 0.217 e. The van der Waals surface area contributed by atoms with E-state index in [1.807, 2.05) is 0 Å². The van der Waals surface area contributed by atoms with E-state index in [9.17, 15) is 4.79 Å². The maximum atomic E-state index is 11.2. The highest BCUT2D eigenvalue weighted by Crippen LogP contribution is 2.43. The summed E-state index contributed by atoms with van der Waals surface area (Å²) in [5, 5.41) is 9.22. The number of carbonyl (C=O) groups excluding carboxylic acids is 1. The van der Waals surface area contributed by atoms with Crippen LogP contribution in [-0.2, 0) is 4.79 Å². The number of hydrogen-bond acceptors (Lipinski definition) is 5. The van der Waals surface area contributed by atoms with E-state index in [1.54, 1.807) is 11.3 Å². The van der Waals surface area contributed by atoms with E-state index in [0.29, 0.717) is 24.2 Å². The average Bonchev–Trinajstić information content (AvgIpc) is 2.74. The number of nitrogens with two attached hydrogens (primary N) is 1. The molecule has 3 atom stereocenters. The predicted octanol–water partition coefficient (Wildman–Crippen LogP) is 2.03. The summed E-state index contributed by atoms with van der Waals surface area (Å²) in [5.41, 5.74) is 5.40. The maximum absolute atomic E-state index is 11.2. The summed E-state index contributed by atoms with van der Waals surface area (Å²) in [6.07, 6.45) is 4.22. The van der Waals surface area contributed by atoms with Gasteiger partial charge in [-0.15, -0.1) is 10.2 Å². The van der Waals surface area contributed by atoms with Crippen LogP contribution < -0.4 is 10.6 Å². The van der Waals surface area contributed by atoms with Crippen molar-refractivity contribution in [2.45, 2.75) is 25.7 Å². The molecule has 1 aromatic heterocycles. The lowest BCUT2D eigenvalue weighted by atomic mass is 9.67. The van der Waals surface area contributed by atoms with Crippen molar-refractivity contribution in [3.63, 3.8) is 0 Å². The largest absolute Gasteiger partial charge is 0.370 e. The van der Waals surface area contributed by atoms with Crippen molar-refractivity contribution < 1.29 is 4.79 Å². The van der Waals surface area contributed by atoms with E-state index in [-0.39, 0.29) is 5.91 Å². The first-order chi connectivity index (χ1) is 9.13.